The van der Waals surface area contributed by atoms with Gasteiger partial charge in [0.1, 0.15) is 0 Å². The van der Waals surface area contributed by atoms with Crippen molar-refractivity contribution in [3.05, 3.63) is 0 Å². The predicted octanol–water partition coefficient (Wildman–Crippen LogP) is 1.24. The van der Waals surface area contributed by atoms with Crippen LogP contribution in [-0.2, 0) is 4.74 Å². The van der Waals surface area contributed by atoms with Crippen LogP contribution in [0.1, 0.15) is 32.6 Å². The maximum atomic E-state index is 5.34. The Bertz CT molecular complexity index is 194. The predicted molar refractivity (Wildman–Crippen MR) is 62.1 cm³/mol. The monoisotopic (exact) mass is 212 g/mol. The van der Waals surface area contributed by atoms with Crippen molar-refractivity contribution in [1.82, 2.24) is 10.2 Å². The van der Waals surface area contributed by atoms with Gasteiger partial charge in [-0.15, -0.1) is 0 Å². The second-order valence-corrected chi connectivity index (χ2v) is 5.02. The van der Waals surface area contributed by atoms with Crippen LogP contribution in [0.2, 0.25) is 0 Å². The van der Waals surface area contributed by atoms with Crippen LogP contribution in [0, 0.1) is 0 Å². The van der Waals surface area contributed by atoms with E-state index in [1.165, 1.54) is 38.8 Å². The summed E-state index contributed by atoms with van der Waals surface area (Å²) >= 11 is 0. The Morgan fingerprint density at radius 1 is 1.40 bits per heavy atom. The summed E-state index contributed by atoms with van der Waals surface area (Å²) in [4.78, 5) is 2.59. The first-order valence-corrected chi connectivity index (χ1v) is 6.30. The van der Waals surface area contributed by atoms with E-state index in [1.54, 1.807) is 7.11 Å². The lowest BCUT2D eigenvalue weighted by Gasteiger charge is -2.27. The van der Waals surface area contributed by atoms with E-state index >= 15 is 0 Å². The molecule has 0 aromatic rings. The Morgan fingerprint density at radius 3 is 2.87 bits per heavy atom. The van der Waals surface area contributed by atoms with Crippen molar-refractivity contribution >= 4 is 0 Å². The first-order chi connectivity index (χ1) is 7.29. The minimum absolute atomic E-state index is 0.367. The van der Waals surface area contributed by atoms with Crippen molar-refractivity contribution in [2.75, 3.05) is 26.7 Å². The maximum Gasteiger partial charge on any atom is 0.0670 e. The zero-order valence-electron chi connectivity index (χ0n) is 10.0. The fourth-order valence-corrected chi connectivity index (χ4v) is 2.36. The van der Waals surface area contributed by atoms with Crippen LogP contribution in [0.3, 0.4) is 0 Å². The highest BCUT2D eigenvalue weighted by Crippen LogP contribution is 2.21. The standard InChI is InChI=1S/C12H24N2O/c1-10(15-2)9-14-7-3-4-12(14)8-13-11-5-6-11/h10-13H,3-9H2,1-2H3. The van der Waals surface area contributed by atoms with Crippen molar-refractivity contribution in [2.24, 2.45) is 0 Å². The van der Waals surface area contributed by atoms with Crippen molar-refractivity contribution in [3.8, 4) is 0 Å². The van der Waals surface area contributed by atoms with Gasteiger partial charge in [0, 0.05) is 32.3 Å². The highest BCUT2D eigenvalue weighted by Gasteiger charge is 2.28. The number of methoxy groups -OCH3 is 1. The number of hydrogen-bond donors (Lipinski definition) is 1. The first kappa shape index (κ1) is 11.4. The average Bonchev–Trinajstić information content (AvgIpc) is 2.97. The fraction of sp³-hybridized carbons (Fsp3) is 1.00. The normalized spacial score (nSPS) is 29.6. The molecule has 0 aromatic carbocycles. The lowest BCUT2D eigenvalue weighted by Crippen LogP contribution is -2.42. The second kappa shape index (κ2) is 5.28. The molecule has 0 radical (unpaired) electrons. The fourth-order valence-electron chi connectivity index (χ4n) is 2.36. The van der Waals surface area contributed by atoms with E-state index in [1.807, 2.05) is 0 Å². The molecule has 0 aromatic heterocycles. The molecule has 0 bridgehead atoms. The Balaban J connectivity index is 1.70. The highest BCUT2D eigenvalue weighted by molar-refractivity contribution is 4.87. The van der Waals surface area contributed by atoms with Crippen molar-refractivity contribution < 1.29 is 4.74 Å². The second-order valence-electron chi connectivity index (χ2n) is 5.02. The number of nitrogens with zero attached hydrogens (tertiary/aromatic N) is 1. The van der Waals surface area contributed by atoms with E-state index in [0.29, 0.717) is 6.10 Å². The molecule has 2 unspecified atom stereocenters. The van der Waals surface area contributed by atoms with Crippen molar-refractivity contribution in [3.63, 3.8) is 0 Å². The zero-order chi connectivity index (χ0) is 10.7. The van der Waals surface area contributed by atoms with Crippen molar-refractivity contribution in [2.45, 2.75) is 50.8 Å². The summed E-state index contributed by atoms with van der Waals surface area (Å²) in [5, 5.41) is 3.64. The minimum Gasteiger partial charge on any atom is -0.380 e. The van der Waals surface area contributed by atoms with E-state index < -0.39 is 0 Å². The molecule has 2 aliphatic rings. The van der Waals surface area contributed by atoms with Crippen LogP contribution in [0.15, 0.2) is 0 Å². The average molecular weight is 212 g/mol. The van der Waals surface area contributed by atoms with Gasteiger partial charge in [-0.25, -0.2) is 0 Å². The summed E-state index contributed by atoms with van der Waals surface area (Å²) in [5.74, 6) is 0. The summed E-state index contributed by atoms with van der Waals surface area (Å²) in [5.41, 5.74) is 0. The topological polar surface area (TPSA) is 24.5 Å². The third kappa shape index (κ3) is 3.44. The van der Waals surface area contributed by atoms with Gasteiger partial charge in [-0.3, -0.25) is 4.90 Å². The van der Waals surface area contributed by atoms with Crippen LogP contribution in [0.5, 0.6) is 0 Å². The Kier molecular flexibility index (Phi) is 4.00. The quantitative estimate of drug-likeness (QED) is 0.717. The Hall–Kier alpha value is -0.120. The first-order valence-electron chi connectivity index (χ1n) is 6.30. The summed E-state index contributed by atoms with van der Waals surface area (Å²) < 4.78 is 5.34. The number of likely N-dealkylation sites (tertiary alicyclic amines) is 1. The SMILES string of the molecule is COC(C)CN1CCCC1CNC1CC1. The van der Waals surface area contributed by atoms with E-state index in [0.717, 1.165) is 18.6 Å². The van der Waals surface area contributed by atoms with Gasteiger partial charge in [0.15, 0.2) is 0 Å². The molecule has 15 heavy (non-hydrogen) atoms. The molecule has 2 atom stereocenters. The van der Waals surface area contributed by atoms with E-state index in [9.17, 15) is 0 Å². The van der Waals surface area contributed by atoms with Gasteiger partial charge in [-0.1, -0.05) is 0 Å². The molecule has 1 aliphatic carbocycles. The molecule has 1 heterocycles. The maximum absolute atomic E-state index is 5.34. The molecule has 1 aliphatic heterocycles. The minimum atomic E-state index is 0.367. The number of rotatable bonds is 6. The highest BCUT2D eigenvalue weighted by atomic mass is 16.5. The van der Waals surface area contributed by atoms with Crippen molar-refractivity contribution in [1.29, 1.82) is 0 Å². The Labute approximate surface area is 93.2 Å². The lowest BCUT2D eigenvalue weighted by atomic mass is 10.2. The molecule has 1 saturated heterocycles. The van der Waals surface area contributed by atoms with Crippen LogP contribution >= 0.6 is 0 Å². The van der Waals surface area contributed by atoms with E-state index in [2.05, 4.69) is 17.1 Å². The van der Waals surface area contributed by atoms with Gasteiger partial charge in [0.2, 0.25) is 0 Å². The van der Waals surface area contributed by atoms with E-state index in [-0.39, 0.29) is 0 Å². The molecule has 88 valence electrons. The molecule has 3 nitrogen and oxygen atoms in total. The van der Waals surface area contributed by atoms with Gasteiger partial charge in [0.05, 0.1) is 6.10 Å². The molecule has 3 heteroatoms. The zero-order valence-corrected chi connectivity index (χ0v) is 10.0. The van der Waals surface area contributed by atoms with Gasteiger partial charge >= 0.3 is 0 Å². The number of nitrogens with one attached hydrogen (secondary N) is 1. The van der Waals surface area contributed by atoms with Crippen LogP contribution in [-0.4, -0.2) is 49.8 Å². The summed E-state index contributed by atoms with van der Waals surface area (Å²) in [7, 11) is 1.80. The molecule has 1 N–H and O–H groups in total. The smallest absolute Gasteiger partial charge is 0.0670 e. The summed E-state index contributed by atoms with van der Waals surface area (Å²) in [6.45, 7) is 5.68. The van der Waals surface area contributed by atoms with Gasteiger partial charge < -0.3 is 10.1 Å². The molecule has 0 amide bonds. The van der Waals surface area contributed by atoms with Gasteiger partial charge in [0.25, 0.3) is 0 Å². The van der Waals surface area contributed by atoms with Crippen LogP contribution < -0.4 is 5.32 Å². The van der Waals surface area contributed by atoms with Crippen LogP contribution in [0.25, 0.3) is 0 Å². The third-order valence-electron chi connectivity index (χ3n) is 3.61. The molecule has 1 saturated carbocycles. The summed E-state index contributed by atoms with van der Waals surface area (Å²) in [6.07, 6.45) is 5.86. The largest absolute Gasteiger partial charge is 0.380 e. The third-order valence-corrected chi connectivity index (χ3v) is 3.61. The van der Waals surface area contributed by atoms with E-state index in [4.69, 9.17) is 4.74 Å². The molecular formula is C12H24N2O. The molecule has 2 rings (SSSR count). The van der Waals surface area contributed by atoms with Crippen LogP contribution in [0.4, 0.5) is 0 Å². The van der Waals surface area contributed by atoms with Gasteiger partial charge in [-0.2, -0.15) is 0 Å². The Morgan fingerprint density at radius 2 is 2.20 bits per heavy atom. The molecule has 0 spiro atoms. The number of hydrogen-bond acceptors (Lipinski definition) is 3. The number of ether oxygens (including phenoxy) is 1. The van der Waals surface area contributed by atoms with Gasteiger partial charge in [-0.05, 0) is 39.2 Å². The molecular weight excluding hydrogens is 188 g/mol. The lowest BCUT2D eigenvalue weighted by molar-refractivity contribution is 0.0723. The molecule has 2 fully saturated rings. The summed E-state index contributed by atoms with van der Waals surface area (Å²) in [6, 6.07) is 1.59.